The van der Waals surface area contributed by atoms with Crippen LogP contribution < -0.4 is 4.74 Å². The fourth-order valence-electron chi connectivity index (χ4n) is 4.05. The summed E-state index contributed by atoms with van der Waals surface area (Å²) in [5, 5.41) is 18.6. The first kappa shape index (κ1) is 19.6. The number of hydrogen-bond donors (Lipinski definition) is 2. The van der Waals surface area contributed by atoms with Gasteiger partial charge in [0.1, 0.15) is 12.4 Å². The van der Waals surface area contributed by atoms with Gasteiger partial charge in [0.25, 0.3) is 0 Å². The molecule has 2 aliphatic heterocycles. The highest BCUT2D eigenvalue weighted by Crippen LogP contribution is 2.26. The van der Waals surface area contributed by atoms with Crippen LogP contribution in [0.4, 0.5) is 0 Å². The van der Waals surface area contributed by atoms with Gasteiger partial charge in [0.05, 0.1) is 6.61 Å². The monoisotopic (exact) mass is 363 g/mol. The van der Waals surface area contributed by atoms with E-state index in [1.165, 1.54) is 5.56 Å². The predicted molar refractivity (Wildman–Crippen MR) is 102 cm³/mol. The lowest BCUT2D eigenvalue weighted by Crippen LogP contribution is -2.47. The van der Waals surface area contributed by atoms with Gasteiger partial charge < -0.3 is 24.7 Å². The van der Waals surface area contributed by atoms with Gasteiger partial charge in [-0.2, -0.15) is 0 Å². The molecule has 6 heteroatoms. The molecule has 0 bridgehead atoms. The highest BCUT2D eigenvalue weighted by Gasteiger charge is 2.33. The minimum absolute atomic E-state index is 0.0345. The third-order valence-electron chi connectivity index (χ3n) is 5.66. The third-order valence-corrected chi connectivity index (χ3v) is 5.66. The molecule has 0 amide bonds. The van der Waals surface area contributed by atoms with Gasteiger partial charge in [0.2, 0.25) is 0 Å². The zero-order valence-corrected chi connectivity index (χ0v) is 15.9. The van der Waals surface area contributed by atoms with Crippen molar-refractivity contribution in [2.75, 3.05) is 72.7 Å². The maximum Gasteiger partial charge on any atom is 0.119 e. The van der Waals surface area contributed by atoms with Crippen LogP contribution in [0, 0.1) is 11.8 Å². The topological polar surface area (TPSA) is 59.4 Å². The Morgan fingerprint density at radius 1 is 0.962 bits per heavy atom. The van der Waals surface area contributed by atoms with Crippen molar-refractivity contribution in [3.8, 4) is 5.75 Å². The average Bonchev–Trinajstić information content (AvgIpc) is 3.04. The second kappa shape index (κ2) is 9.67. The number of nitrogens with zero attached hydrogens (tertiary/aromatic N) is 3. The van der Waals surface area contributed by atoms with Crippen LogP contribution >= 0.6 is 0 Å². The molecule has 1 aromatic carbocycles. The van der Waals surface area contributed by atoms with Crippen molar-refractivity contribution < 1.29 is 14.9 Å². The summed E-state index contributed by atoms with van der Waals surface area (Å²) in [5.41, 5.74) is 1.26. The highest BCUT2D eigenvalue weighted by molar-refractivity contribution is 5.27. The Morgan fingerprint density at radius 3 is 2.31 bits per heavy atom. The molecule has 0 aliphatic carbocycles. The Kier molecular flexibility index (Phi) is 7.28. The van der Waals surface area contributed by atoms with Crippen LogP contribution in [-0.2, 0) is 6.54 Å². The molecule has 6 nitrogen and oxygen atoms in total. The molecule has 0 saturated carbocycles. The Balaban J connectivity index is 1.50. The number of hydrogen-bond acceptors (Lipinski definition) is 6. The highest BCUT2D eigenvalue weighted by atomic mass is 16.5. The molecule has 2 N–H and O–H groups in total. The second-order valence-corrected chi connectivity index (χ2v) is 7.72. The van der Waals surface area contributed by atoms with Crippen LogP contribution in [0.5, 0.6) is 5.75 Å². The van der Waals surface area contributed by atoms with Crippen molar-refractivity contribution in [1.82, 2.24) is 14.7 Å². The Hall–Kier alpha value is -1.18. The number of likely N-dealkylation sites (tertiary alicyclic amines) is 1. The molecule has 0 spiro atoms. The normalized spacial score (nSPS) is 25.7. The summed E-state index contributed by atoms with van der Waals surface area (Å²) in [5.74, 6) is 1.72. The molecule has 146 valence electrons. The minimum atomic E-state index is 0.0345. The lowest BCUT2D eigenvalue weighted by Gasteiger charge is -2.34. The first-order valence-corrected chi connectivity index (χ1v) is 9.74. The molecule has 2 fully saturated rings. The number of ether oxygens (including phenoxy) is 1. The standard InChI is InChI=1S/C20H33N3O3/c1-21-6-8-22(9-7-21)13-18-14-23(15-19(18)16-25)12-17-2-4-20(5-3-17)26-11-10-24/h2-5,18-19,24-25H,6-16H2,1H3/t18-,19-/m1/s1. The van der Waals surface area contributed by atoms with Crippen LogP contribution in [0.25, 0.3) is 0 Å². The van der Waals surface area contributed by atoms with E-state index in [4.69, 9.17) is 9.84 Å². The minimum Gasteiger partial charge on any atom is -0.491 e. The van der Waals surface area contributed by atoms with Gasteiger partial charge in [-0.05, 0) is 36.6 Å². The van der Waals surface area contributed by atoms with Crippen LogP contribution in [0.15, 0.2) is 24.3 Å². The van der Waals surface area contributed by atoms with Gasteiger partial charge in [0, 0.05) is 59.0 Å². The summed E-state index contributed by atoms with van der Waals surface area (Å²) in [6.45, 7) is 9.25. The average molecular weight is 364 g/mol. The number of piperazine rings is 1. The van der Waals surface area contributed by atoms with Crippen molar-refractivity contribution in [3.05, 3.63) is 29.8 Å². The maximum absolute atomic E-state index is 9.82. The fraction of sp³-hybridized carbons (Fsp3) is 0.700. The molecule has 0 unspecified atom stereocenters. The Labute approximate surface area is 157 Å². The van der Waals surface area contributed by atoms with Gasteiger partial charge in [-0.1, -0.05) is 12.1 Å². The first-order chi connectivity index (χ1) is 12.7. The molecule has 1 aromatic rings. The van der Waals surface area contributed by atoms with E-state index >= 15 is 0 Å². The summed E-state index contributed by atoms with van der Waals surface area (Å²) < 4.78 is 5.42. The number of aliphatic hydroxyl groups is 2. The van der Waals surface area contributed by atoms with Gasteiger partial charge >= 0.3 is 0 Å². The molecule has 3 rings (SSSR count). The largest absolute Gasteiger partial charge is 0.491 e. The lowest BCUT2D eigenvalue weighted by atomic mass is 9.96. The number of rotatable bonds is 8. The molecule has 2 saturated heterocycles. The summed E-state index contributed by atoms with van der Waals surface area (Å²) in [6, 6.07) is 8.11. The van der Waals surface area contributed by atoms with E-state index in [1.54, 1.807) is 0 Å². The summed E-state index contributed by atoms with van der Waals surface area (Å²) >= 11 is 0. The molecule has 26 heavy (non-hydrogen) atoms. The summed E-state index contributed by atoms with van der Waals surface area (Å²) in [7, 11) is 2.19. The Morgan fingerprint density at radius 2 is 1.65 bits per heavy atom. The van der Waals surface area contributed by atoms with E-state index in [0.29, 0.717) is 18.4 Å². The molecular weight excluding hydrogens is 330 g/mol. The molecule has 0 aromatic heterocycles. The quantitative estimate of drug-likeness (QED) is 0.695. The number of likely N-dealkylation sites (N-methyl/N-ethyl adjacent to an activating group) is 1. The van der Waals surface area contributed by atoms with Crippen LogP contribution in [-0.4, -0.2) is 97.6 Å². The van der Waals surface area contributed by atoms with Gasteiger partial charge in [-0.3, -0.25) is 4.90 Å². The van der Waals surface area contributed by atoms with Crippen molar-refractivity contribution in [3.63, 3.8) is 0 Å². The third kappa shape index (κ3) is 5.41. The van der Waals surface area contributed by atoms with Crippen LogP contribution in [0.3, 0.4) is 0 Å². The molecule has 0 radical (unpaired) electrons. The molecule has 2 aliphatic rings. The first-order valence-electron chi connectivity index (χ1n) is 9.74. The van der Waals surface area contributed by atoms with Crippen molar-refractivity contribution in [2.24, 2.45) is 11.8 Å². The smallest absolute Gasteiger partial charge is 0.119 e. The molecular formula is C20H33N3O3. The van der Waals surface area contributed by atoms with E-state index in [-0.39, 0.29) is 13.2 Å². The zero-order valence-electron chi connectivity index (χ0n) is 15.9. The van der Waals surface area contributed by atoms with Crippen LogP contribution in [0.1, 0.15) is 5.56 Å². The fourth-order valence-corrected chi connectivity index (χ4v) is 4.05. The van der Waals surface area contributed by atoms with E-state index in [1.807, 2.05) is 12.1 Å². The van der Waals surface area contributed by atoms with E-state index in [9.17, 15) is 5.11 Å². The number of benzene rings is 1. The maximum atomic E-state index is 9.82. The summed E-state index contributed by atoms with van der Waals surface area (Å²) in [4.78, 5) is 7.41. The number of aliphatic hydroxyl groups excluding tert-OH is 2. The van der Waals surface area contributed by atoms with Gasteiger partial charge in [-0.15, -0.1) is 0 Å². The van der Waals surface area contributed by atoms with Gasteiger partial charge in [0.15, 0.2) is 0 Å². The molecule has 2 atom stereocenters. The van der Waals surface area contributed by atoms with Crippen molar-refractivity contribution >= 4 is 0 Å². The second-order valence-electron chi connectivity index (χ2n) is 7.72. The van der Waals surface area contributed by atoms with E-state index < -0.39 is 0 Å². The summed E-state index contributed by atoms with van der Waals surface area (Å²) in [6.07, 6.45) is 0. The van der Waals surface area contributed by atoms with Crippen LogP contribution in [0.2, 0.25) is 0 Å². The molecule has 2 heterocycles. The van der Waals surface area contributed by atoms with Crippen molar-refractivity contribution in [2.45, 2.75) is 6.54 Å². The Bertz CT molecular complexity index is 532. The van der Waals surface area contributed by atoms with Gasteiger partial charge in [-0.25, -0.2) is 0 Å². The predicted octanol–water partition coefficient (Wildman–Crippen LogP) is 0.345. The van der Waals surface area contributed by atoms with E-state index in [0.717, 1.165) is 58.1 Å². The SMILES string of the molecule is CN1CCN(C[C@@H]2CN(Cc3ccc(OCCO)cc3)C[C@@H]2CO)CC1. The van der Waals surface area contributed by atoms with E-state index in [2.05, 4.69) is 33.9 Å². The van der Waals surface area contributed by atoms with Crippen molar-refractivity contribution in [1.29, 1.82) is 0 Å². The lowest BCUT2D eigenvalue weighted by molar-refractivity contribution is 0.116. The zero-order chi connectivity index (χ0) is 18.4.